The molecule has 0 aromatic rings. The molecule has 0 aliphatic rings. The van der Waals surface area contributed by atoms with Crippen molar-refractivity contribution in [2.75, 3.05) is 0 Å². The van der Waals surface area contributed by atoms with Crippen LogP contribution in [0.2, 0.25) is 0 Å². The van der Waals surface area contributed by atoms with Crippen LogP contribution in [0.4, 0.5) is 0 Å². The summed E-state index contributed by atoms with van der Waals surface area (Å²) < 4.78 is 0. The number of carbonyl (C=O) groups excluding carboxylic acids is 1. The van der Waals surface area contributed by atoms with Crippen LogP contribution in [0.1, 0.15) is 13.3 Å². The monoisotopic (exact) mass is 150 g/mol. The van der Waals surface area contributed by atoms with Gasteiger partial charge >= 0.3 is 0 Å². The van der Waals surface area contributed by atoms with Crippen molar-refractivity contribution in [1.29, 1.82) is 0 Å². The summed E-state index contributed by atoms with van der Waals surface area (Å²) >= 11 is 4.13. The SMILES string of the molecule is C[C@H](CC=O)[C@H](P)S. The van der Waals surface area contributed by atoms with Gasteiger partial charge in [0.2, 0.25) is 0 Å². The number of rotatable bonds is 3. The molecule has 0 aliphatic carbocycles. The van der Waals surface area contributed by atoms with Crippen LogP contribution in [-0.2, 0) is 4.79 Å². The highest BCUT2D eigenvalue weighted by Gasteiger charge is 2.05. The van der Waals surface area contributed by atoms with E-state index in [0.717, 1.165) is 6.29 Å². The molecular weight excluding hydrogens is 139 g/mol. The van der Waals surface area contributed by atoms with Crippen LogP contribution in [0.5, 0.6) is 0 Å². The number of hydrogen-bond acceptors (Lipinski definition) is 2. The first-order valence-corrected chi connectivity index (χ1v) is 3.74. The predicted molar refractivity (Wildman–Crippen MR) is 42.3 cm³/mol. The second-order valence-corrected chi connectivity index (χ2v) is 3.75. The van der Waals surface area contributed by atoms with Crippen molar-refractivity contribution >= 4 is 28.2 Å². The molecular formula is C5H11OPS. The van der Waals surface area contributed by atoms with Crippen molar-refractivity contribution in [3.63, 3.8) is 0 Å². The van der Waals surface area contributed by atoms with E-state index in [1.54, 1.807) is 0 Å². The molecule has 8 heavy (non-hydrogen) atoms. The molecule has 0 amide bonds. The fourth-order valence-electron chi connectivity index (χ4n) is 0.291. The molecule has 0 aliphatic heterocycles. The van der Waals surface area contributed by atoms with Crippen LogP contribution in [0.15, 0.2) is 0 Å². The molecule has 1 nitrogen and oxygen atoms in total. The van der Waals surface area contributed by atoms with E-state index in [-0.39, 0.29) is 4.99 Å². The van der Waals surface area contributed by atoms with Crippen molar-refractivity contribution in [1.82, 2.24) is 0 Å². The quantitative estimate of drug-likeness (QED) is 0.365. The van der Waals surface area contributed by atoms with Crippen LogP contribution in [-0.4, -0.2) is 11.3 Å². The van der Waals surface area contributed by atoms with E-state index in [2.05, 4.69) is 21.9 Å². The highest BCUT2D eigenvalue weighted by molar-refractivity contribution is 7.85. The predicted octanol–water partition coefficient (Wildman–Crippen LogP) is 1.34. The molecule has 3 atom stereocenters. The lowest BCUT2D eigenvalue weighted by Gasteiger charge is -2.08. The van der Waals surface area contributed by atoms with Gasteiger partial charge in [-0.1, -0.05) is 6.92 Å². The Hall–Kier alpha value is 0.450. The van der Waals surface area contributed by atoms with Gasteiger partial charge in [-0.3, -0.25) is 0 Å². The zero-order valence-corrected chi connectivity index (χ0v) is 6.92. The highest BCUT2D eigenvalue weighted by Crippen LogP contribution is 2.17. The van der Waals surface area contributed by atoms with Crippen molar-refractivity contribution in [2.24, 2.45) is 5.92 Å². The summed E-state index contributed by atoms with van der Waals surface area (Å²) in [7, 11) is 2.55. The van der Waals surface area contributed by atoms with Crippen molar-refractivity contribution in [3.8, 4) is 0 Å². The summed E-state index contributed by atoms with van der Waals surface area (Å²) in [6, 6.07) is 0. The molecule has 0 heterocycles. The zero-order chi connectivity index (χ0) is 6.57. The Kier molecular flexibility index (Phi) is 4.58. The minimum Gasteiger partial charge on any atom is -0.303 e. The number of aldehydes is 1. The fourth-order valence-corrected chi connectivity index (χ4v) is 0.570. The van der Waals surface area contributed by atoms with Crippen LogP contribution in [0, 0.1) is 5.92 Å². The Morgan fingerprint density at radius 1 is 1.88 bits per heavy atom. The maximum atomic E-state index is 9.88. The first-order chi connectivity index (χ1) is 3.68. The normalized spacial score (nSPS) is 17.4. The number of carbonyl (C=O) groups is 1. The average Bonchev–Trinajstić information content (AvgIpc) is 1.67. The molecule has 0 bridgehead atoms. The second-order valence-electron chi connectivity index (χ2n) is 1.87. The third-order valence-electron chi connectivity index (χ3n) is 1.05. The first kappa shape index (κ1) is 8.45. The summed E-state index contributed by atoms with van der Waals surface area (Å²) in [4.78, 5) is 10.1. The average molecular weight is 150 g/mol. The Morgan fingerprint density at radius 3 is 2.50 bits per heavy atom. The third-order valence-corrected chi connectivity index (χ3v) is 2.22. The summed E-state index contributed by atoms with van der Waals surface area (Å²) in [6.07, 6.45) is 1.54. The fraction of sp³-hybridized carbons (Fsp3) is 0.800. The minimum atomic E-state index is 0.250. The first-order valence-electron chi connectivity index (χ1n) is 2.55. The van der Waals surface area contributed by atoms with Crippen LogP contribution >= 0.6 is 21.9 Å². The molecule has 0 radical (unpaired) electrons. The Bertz CT molecular complexity index is 74.8. The second kappa shape index (κ2) is 4.34. The van der Waals surface area contributed by atoms with Gasteiger partial charge in [0, 0.05) is 11.4 Å². The molecule has 0 saturated heterocycles. The van der Waals surface area contributed by atoms with Crippen molar-refractivity contribution < 1.29 is 4.79 Å². The van der Waals surface area contributed by atoms with E-state index in [4.69, 9.17) is 0 Å². The van der Waals surface area contributed by atoms with Gasteiger partial charge in [0.1, 0.15) is 6.29 Å². The van der Waals surface area contributed by atoms with Crippen LogP contribution < -0.4 is 0 Å². The van der Waals surface area contributed by atoms with E-state index < -0.39 is 0 Å². The topological polar surface area (TPSA) is 17.1 Å². The van der Waals surface area contributed by atoms with Gasteiger partial charge in [-0.25, -0.2) is 0 Å². The molecule has 0 aromatic heterocycles. The van der Waals surface area contributed by atoms with Crippen molar-refractivity contribution in [3.05, 3.63) is 0 Å². The van der Waals surface area contributed by atoms with Gasteiger partial charge in [0.05, 0.1) is 0 Å². The molecule has 3 heteroatoms. The zero-order valence-electron chi connectivity index (χ0n) is 4.87. The van der Waals surface area contributed by atoms with Gasteiger partial charge in [-0.15, -0.1) is 9.24 Å². The Balaban J connectivity index is 3.30. The largest absolute Gasteiger partial charge is 0.303 e. The minimum absolute atomic E-state index is 0.250. The number of thiol groups is 1. The number of hydrogen-bond donors (Lipinski definition) is 1. The molecule has 0 aromatic carbocycles. The Labute approximate surface area is 57.8 Å². The van der Waals surface area contributed by atoms with Gasteiger partial charge in [0.15, 0.2) is 0 Å². The van der Waals surface area contributed by atoms with Gasteiger partial charge < -0.3 is 4.79 Å². The molecule has 0 N–H and O–H groups in total. The molecule has 0 fully saturated rings. The standard InChI is InChI=1S/C5H11OPS/c1-4(2-3-6)5(7)8/h3-5,8H,2,7H2,1H3/t4-,5-/m1/s1. The highest BCUT2D eigenvalue weighted by atomic mass is 32.1. The molecule has 0 spiro atoms. The van der Waals surface area contributed by atoms with E-state index in [1.165, 1.54) is 0 Å². The molecule has 0 saturated carbocycles. The summed E-state index contributed by atoms with van der Waals surface area (Å²) in [5, 5.41) is 0. The van der Waals surface area contributed by atoms with Crippen molar-refractivity contribution in [2.45, 2.75) is 18.3 Å². The van der Waals surface area contributed by atoms with Gasteiger partial charge in [0.25, 0.3) is 0 Å². The molecule has 48 valence electrons. The maximum Gasteiger partial charge on any atom is 0.120 e. The smallest absolute Gasteiger partial charge is 0.120 e. The van der Waals surface area contributed by atoms with Crippen LogP contribution in [0.3, 0.4) is 0 Å². The molecule has 1 unspecified atom stereocenters. The van der Waals surface area contributed by atoms with E-state index in [1.807, 2.05) is 6.92 Å². The van der Waals surface area contributed by atoms with E-state index in [0.29, 0.717) is 12.3 Å². The summed E-state index contributed by atoms with van der Waals surface area (Å²) in [5.74, 6) is 0.376. The van der Waals surface area contributed by atoms with Crippen LogP contribution in [0.25, 0.3) is 0 Å². The van der Waals surface area contributed by atoms with Gasteiger partial charge in [-0.05, 0) is 5.92 Å². The molecule has 0 rings (SSSR count). The lowest BCUT2D eigenvalue weighted by molar-refractivity contribution is -0.108. The maximum absolute atomic E-state index is 9.88. The van der Waals surface area contributed by atoms with E-state index in [9.17, 15) is 4.79 Å². The third kappa shape index (κ3) is 3.45. The summed E-state index contributed by atoms with van der Waals surface area (Å²) in [6.45, 7) is 2.00. The van der Waals surface area contributed by atoms with E-state index >= 15 is 0 Å². The summed E-state index contributed by atoms with van der Waals surface area (Å²) in [5.41, 5.74) is 0. The lowest BCUT2D eigenvalue weighted by Crippen LogP contribution is -2.03. The Morgan fingerprint density at radius 2 is 2.38 bits per heavy atom. The lowest BCUT2D eigenvalue weighted by atomic mass is 10.1. The van der Waals surface area contributed by atoms with Gasteiger partial charge in [-0.2, -0.15) is 12.6 Å².